The molecule has 108 valence electrons. The number of rotatable bonds is 2. The Kier molecular flexibility index (Phi) is 3.24. The van der Waals surface area contributed by atoms with Gasteiger partial charge in [0, 0.05) is 20.2 Å². The summed E-state index contributed by atoms with van der Waals surface area (Å²) in [6, 6.07) is 24.3. The summed E-state index contributed by atoms with van der Waals surface area (Å²) in [6.45, 7) is 4.50. The third kappa shape index (κ3) is 2.13. The van der Waals surface area contributed by atoms with Crippen LogP contribution in [0.2, 0.25) is 0 Å². The van der Waals surface area contributed by atoms with E-state index in [1.165, 1.54) is 36.9 Å². The Balaban J connectivity index is 2.01. The molecule has 0 atom stereocenters. The summed E-state index contributed by atoms with van der Waals surface area (Å²) in [7, 11) is 0. The zero-order valence-electron chi connectivity index (χ0n) is 12.8. The van der Waals surface area contributed by atoms with Crippen molar-refractivity contribution < 1.29 is 0 Å². The monoisotopic (exact) mass is 302 g/mol. The average Bonchev–Trinajstić information content (AvgIpc) is 2.93. The Bertz CT molecular complexity index is 960. The highest BCUT2D eigenvalue weighted by atomic mass is 32.1. The van der Waals surface area contributed by atoms with Crippen LogP contribution in [0.25, 0.3) is 31.3 Å². The summed E-state index contributed by atoms with van der Waals surface area (Å²) < 4.78 is 2.76. The van der Waals surface area contributed by atoms with E-state index in [0.29, 0.717) is 5.92 Å². The highest BCUT2D eigenvalue weighted by molar-refractivity contribution is 7.26. The normalized spacial score (nSPS) is 11.6. The summed E-state index contributed by atoms with van der Waals surface area (Å²) >= 11 is 1.90. The third-order valence-electron chi connectivity index (χ3n) is 4.27. The minimum Gasteiger partial charge on any atom is -0.135 e. The molecule has 0 aliphatic heterocycles. The van der Waals surface area contributed by atoms with Crippen LogP contribution < -0.4 is 0 Å². The highest BCUT2D eigenvalue weighted by Gasteiger charge is 2.10. The molecule has 0 amide bonds. The number of fused-ring (bicyclic) bond motifs is 3. The van der Waals surface area contributed by atoms with Crippen molar-refractivity contribution in [1.82, 2.24) is 0 Å². The van der Waals surface area contributed by atoms with Crippen molar-refractivity contribution in [3.63, 3.8) is 0 Å². The molecule has 0 bridgehead atoms. The molecule has 0 aliphatic carbocycles. The Morgan fingerprint density at radius 1 is 0.773 bits per heavy atom. The van der Waals surface area contributed by atoms with Crippen molar-refractivity contribution in [2.75, 3.05) is 0 Å². The van der Waals surface area contributed by atoms with Gasteiger partial charge in [-0.05, 0) is 28.7 Å². The van der Waals surface area contributed by atoms with Gasteiger partial charge in [-0.25, -0.2) is 0 Å². The quantitative estimate of drug-likeness (QED) is 0.380. The van der Waals surface area contributed by atoms with Crippen LogP contribution in [0.4, 0.5) is 0 Å². The predicted molar refractivity (Wildman–Crippen MR) is 98.9 cm³/mol. The number of thiophene rings is 1. The second kappa shape index (κ2) is 5.26. The summed E-state index contributed by atoms with van der Waals surface area (Å²) in [5.74, 6) is 0.557. The maximum absolute atomic E-state index is 2.34. The molecule has 1 aromatic heterocycles. The van der Waals surface area contributed by atoms with Crippen molar-refractivity contribution in [2.24, 2.45) is 0 Å². The molecule has 0 aliphatic rings. The standard InChI is InChI=1S/C21H18S/c1-14(2)15-7-5-8-16(13-15)17-10-6-11-19-18-9-3-4-12-20(18)22-21(17)19/h3-14H,1-2H3. The minimum absolute atomic E-state index is 0.557. The molecule has 4 aromatic rings. The molecule has 4 rings (SSSR count). The molecule has 0 N–H and O–H groups in total. The fraction of sp³-hybridized carbons (Fsp3) is 0.143. The van der Waals surface area contributed by atoms with Crippen LogP contribution in [0.1, 0.15) is 25.3 Å². The van der Waals surface area contributed by atoms with Gasteiger partial charge in [-0.2, -0.15) is 0 Å². The molecule has 22 heavy (non-hydrogen) atoms. The van der Waals surface area contributed by atoms with E-state index in [1.807, 2.05) is 11.3 Å². The molecule has 0 saturated heterocycles. The van der Waals surface area contributed by atoms with Crippen molar-refractivity contribution in [2.45, 2.75) is 19.8 Å². The smallest absolute Gasteiger partial charge is 0.0433 e. The van der Waals surface area contributed by atoms with E-state index >= 15 is 0 Å². The van der Waals surface area contributed by atoms with Gasteiger partial charge in [0.15, 0.2) is 0 Å². The topological polar surface area (TPSA) is 0 Å². The molecule has 0 unspecified atom stereocenters. The van der Waals surface area contributed by atoms with Gasteiger partial charge in [0.2, 0.25) is 0 Å². The van der Waals surface area contributed by atoms with Crippen LogP contribution >= 0.6 is 11.3 Å². The first-order chi connectivity index (χ1) is 10.7. The Labute approximate surface area is 135 Å². The number of benzene rings is 3. The highest BCUT2D eigenvalue weighted by Crippen LogP contribution is 2.40. The Morgan fingerprint density at radius 3 is 2.41 bits per heavy atom. The van der Waals surface area contributed by atoms with Gasteiger partial charge >= 0.3 is 0 Å². The molecule has 0 nitrogen and oxygen atoms in total. The lowest BCUT2D eigenvalue weighted by molar-refractivity contribution is 0.867. The number of hydrogen-bond acceptors (Lipinski definition) is 1. The second-order valence-electron chi connectivity index (χ2n) is 6.06. The minimum atomic E-state index is 0.557. The largest absolute Gasteiger partial charge is 0.135 e. The van der Waals surface area contributed by atoms with E-state index in [2.05, 4.69) is 80.6 Å². The van der Waals surface area contributed by atoms with Crippen molar-refractivity contribution in [1.29, 1.82) is 0 Å². The first-order valence-corrected chi connectivity index (χ1v) is 8.56. The molecule has 3 aromatic carbocycles. The van der Waals surface area contributed by atoms with E-state index in [9.17, 15) is 0 Å². The Morgan fingerprint density at radius 2 is 1.55 bits per heavy atom. The molecular formula is C21H18S. The summed E-state index contributed by atoms with van der Waals surface area (Å²) in [5.41, 5.74) is 4.07. The van der Waals surface area contributed by atoms with Gasteiger partial charge in [0.25, 0.3) is 0 Å². The van der Waals surface area contributed by atoms with Crippen molar-refractivity contribution in [3.05, 3.63) is 72.3 Å². The summed E-state index contributed by atoms with van der Waals surface area (Å²) in [4.78, 5) is 0. The maximum atomic E-state index is 2.34. The van der Waals surface area contributed by atoms with Crippen LogP contribution in [-0.4, -0.2) is 0 Å². The number of hydrogen-bond donors (Lipinski definition) is 0. The van der Waals surface area contributed by atoms with Crippen molar-refractivity contribution in [3.8, 4) is 11.1 Å². The lowest BCUT2D eigenvalue weighted by Gasteiger charge is -2.09. The van der Waals surface area contributed by atoms with Crippen LogP contribution in [0, 0.1) is 0 Å². The maximum Gasteiger partial charge on any atom is 0.0433 e. The van der Waals surface area contributed by atoms with Gasteiger partial charge in [0.1, 0.15) is 0 Å². The molecule has 0 saturated carbocycles. The fourth-order valence-corrected chi connectivity index (χ4v) is 4.28. The molecule has 1 heterocycles. The molecule has 0 fully saturated rings. The second-order valence-corrected chi connectivity index (χ2v) is 7.11. The molecule has 0 spiro atoms. The SMILES string of the molecule is CC(C)c1cccc(-c2cccc3c2sc2ccccc23)c1. The van der Waals surface area contributed by atoms with E-state index < -0.39 is 0 Å². The average molecular weight is 302 g/mol. The van der Waals surface area contributed by atoms with E-state index in [-0.39, 0.29) is 0 Å². The van der Waals surface area contributed by atoms with Crippen LogP contribution in [0.3, 0.4) is 0 Å². The Hall–Kier alpha value is -2.12. The third-order valence-corrected chi connectivity index (χ3v) is 5.49. The van der Waals surface area contributed by atoms with E-state index in [0.717, 1.165) is 0 Å². The van der Waals surface area contributed by atoms with E-state index in [1.54, 1.807) is 0 Å². The zero-order chi connectivity index (χ0) is 15.1. The van der Waals surface area contributed by atoms with Gasteiger partial charge in [-0.15, -0.1) is 11.3 Å². The first kappa shape index (κ1) is 13.5. The van der Waals surface area contributed by atoms with Gasteiger partial charge in [-0.1, -0.05) is 74.5 Å². The first-order valence-electron chi connectivity index (χ1n) is 7.74. The lowest BCUT2D eigenvalue weighted by atomic mass is 9.96. The van der Waals surface area contributed by atoms with E-state index in [4.69, 9.17) is 0 Å². The molecule has 0 radical (unpaired) electrons. The predicted octanol–water partition coefficient (Wildman–Crippen LogP) is 6.84. The fourth-order valence-electron chi connectivity index (χ4n) is 3.04. The van der Waals surface area contributed by atoms with Gasteiger partial charge in [0.05, 0.1) is 0 Å². The zero-order valence-corrected chi connectivity index (χ0v) is 13.7. The summed E-state index contributed by atoms with van der Waals surface area (Å²) in [5, 5.41) is 2.73. The van der Waals surface area contributed by atoms with Gasteiger partial charge < -0.3 is 0 Å². The van der Waals surface area contributed by atoms with Crippen molar-refractivity contribution >= 4 is 31.5 Å². The summed E-state index contributed by atoms with van der Waals surface area (Å²) in [6.07, 6.45) is 0. The van der Waals surface area contributed by atoms with Gasteiger partial charge in [-0.3, -0.25) is 0 Å². The van der Waals surface area contributed by atoms with Crippen LogP contribution in [0.15, 0.2) is 66.7 Å². The molecule has 1 heteroatoms. The van der Waals surface area contributed by atoms with Crippen LogP contribution in [0.5, 0.6) is 0 Å². The van der Waals surface area contributed by atoms with Crippen LogP contribution in [-0.2, 0) is 0 Å². The molecular weight excluding hydrogens is 284 g/mol. The lowest BCUT2D eigenvalue weighted by Crippen LogP contribution is -1.87.